The molecule has 0 amide bonds. The van der Waals surface area contributed by atoms with Gasteiger partial charge in [-0.25, -0.2) is 8.78 Å². The van der Waals surface area contributed by atoms with Crippen molar-refractivity contribution in [2.45, 2.75) is 38.7 Å². The second-order valence-corrected chi connectivity index (χ2v) is 2.59. The summed E-state index contributed by atoms with van der Waals surface area (Å²) in [5.41, 5.74) is 5.27. The first-order chi connectivity index (χ1) is 3.92. The topological polar surface area (TPSA) is 26.0 Å². The fourth-order valence-electron chi connectivity index (χ4n) is 0.481. The van der Waals surface area contributed by atoms with Crippen molar-refractivity contribution in [2.75, 3.05) is 0 Å². The summed E-state index contributed by atoms with van der Waals surface area (Å²) in [6.45, 7) is 2.64. The van der Waals surface area contributed by atoms with Crippen molar-refractivity contribution in [1.82, 2.24) is 0 Å². The predicted octanol–water partition coefficient (Wildman–Crippen LogP) is 2.19. The molecule has 2 N–H and O–H groups in total. The van der Waals surface area contributed by atoms with Crippen LogP contribution in [0.5, 0.6) is 0 Å². The van der Waals surface area contributed by atoms with E-state index in [1.807, 2.05) is 0 Å². The van der Waals surface area contributed by atoms with Gasteiger partial charge >= 0.3 is 0 Å². The Labute approximate surface area is 66.4 Å². The van der Waals surface area contributed by atoms with E-state index < -0.39 is 5.92 Å². The summed E-state index contributed by atoms with van der Waals surface area (Å²) in [6, 6.07) is -0.115. The second kappa shape index (κ2) is 4.85. The van der Waals surface area contributed by atoms with Crippen molar-refractivity contribution < 1.29 is 8.78 Å². The first-order valence-corrected chi connectivity index (χ1v) is 3.05. The molecule has 0 heterocycles. The maximum absolute atomic E-state index is 12.0. The van der Waals surface area contributed by atoms with E-state index in [1.54, 1.807) is 6.92 Å². The Morgan fingerprint density at radius 1 is 1.50 bits per heavy atom. The van der Waals surface area contributed by atoms with Crippen LogP contribution < -0.4 is 5.73 Å². The van der Waals surface area contributed by atoms with Crippen LogP contribution in [0.4, 0.5) is 8.78 Å². The van der Waals surface area contributed by atoms with Crippen molar-refractivity contribution in [3.8, 4) is 0 Å². The van der Waals surface area contributed by atoms with Crippen LogP contribution in [0.3, 0.4) is 0 Å². The van der Waals surface area contributed by atoms with Gasteiger partial charge in [0.15, 0.2) is 0 Å². The summed E-state index contributed by atoms with van der Waals surface area (Å²) in [5.74, 6) is -2.55. The Balaban J connectivity index is 0. The van der Waals surface area contributed by atoms with Gasteiger partial charge in [0.1, 0.15) is 0 Å². The first kappa shape index (κ1) is 12.8. The van der Waals surface area contributed by atoms with E-state index in [4.69, 9.17) is 5.73 Å². The second-order valence-electron chi connectivity index (χ2n) is 2.59. The Morgan fingerprint density at radius 2 is 1.90 bits per heavy atom. The normalized spacial score (nSPS) is 14.1. The molecule has 4 heteroatoms. The van der Waals surface area contributed by atoms with Gasteiger partial charge in [-0.3, -0.25) is 0 Å². The number of rotatable bonds is 3. The molecular formula is C6H14ClF2N. The highest BCUT2D eigenvalue weighted by atomic mass is 35.5. The highest BCUT2D eigenvalue weighted by Gasteiger charge is 2.20. The fourth-order valence-corrected chi connectivity index (χ4v) is 0.481. The lowest BCUT2D eigenvalue weighted by Gasteiger charge is -2.10. The summed E-state index contributed by atoms with van der Waals surface area (Å²) < 4.78 is 24.1. The minimum absolute atomic E-state index is 0. The minimum atomic E-state index is -2.55. The monoisotopic (exact) mass is 173 g/mol. The molecule has 0 spiro atoms. The van der Waals surface area contributed by atoms with E-state index in [2.05, 4.69) is 0 Å². The van der Waals surface area contributed by atoms with Crippen LogP contribution in [0.1, 0.15) is 26.7 Å². The zero-order chi connectivity index (χ0) is 7.49. The number of nitrogens with two attached hydrogens (primary N) is 1. The van der Waals surface area contributed by atoms with E-state index in [9.17, 15) is 8.78 Å². The molecule has 0 aromatic heterocycles. The quantitative estimate of drug-likeness (QED) is 0.696. The zero-order valence-corrected chi connectivity index (χ0v) is 7.05. The third kappa shape index (κ3) is 11.0. The van der Waals surface area contributed by atoms with E-state index in [0.29, 0.717) is 6.42 Å². The van der Waals surface area contributed by atoms with E-state index >= 15 is 0 Å². The number of halogens is 3. The SMILES string of the molecule is CC(N)CCC(C)(F)F.Cl. The van der Waals surface area contributed by atoms with Crippen LogP contribution >= 0.6 is 12.4 Å². The van der Waals surface area contributed by atoms with E-state index in [0.717, 1.165) is 6.92 Å². The molecule has 64 valence electrons. The lowest BCUT2D eigenvalue weighted by Crippen LogP contribution is -2.19. The highest BCUT2D eigenvalue weighted by Crippen LogP contribution is 2.18. The van der Waals surface area contributed by atoms with Crippen molar-refractivity contribution in [1.29, 1.82) is 0 Å². The largest absolute Gasteiger partial charge is 0.328 e. The predicted molar refractivity (Wildman–Crippen MR) is 40.8 cm³/mol. The lowest BCUT2D eigenvalue weighted by molar-refractivity contribution is 0.00965. The van der Waals surface area contributed by atoms with Gasteiger partial charge in [-0.15, -0.1) is 12.4 Å². The number of alkyl halides is 2. The molecule has 1 nitrogen and oxygen atoms in total. The molecule has 0 aromatic rings. The van der Waals surface area contributed by atoms with Gasteiger partial charge in [0.2, 0.25) is 5.92 Å². The molecule has 0 aliphatic heterocycles. The van der Waals surface area contributed by atoms with Gasteiger partial charge in [-0.05, 0) is 20.3 Å². The minimum Gasteiger partial charge on any atom is -0.328 e. The average Bonchev–Trinajstić information content (AvgIpc) is 1.59. The molecule has 0 saturated heterocycles. The van der Waals surface area contributed by atoms with Gasteiger partial charge in [0.05, 0.1) is 0 Å². The fraction of sp³-hybridized carbons (Fsp3) is 1.00. The number of hydrogen-bond donors (Lipinski definition) is 1. The van der Waals surface area contributed by atoms with E-state index in [-0.39, 0.29) is 24.9 Å². The average molecular weight is 174 g/mol. The summed E-state index contributed by atoms with van der Waals surface area (Å²) in [7, 11) is 0. The molecule has 0 aliphatic carbocycles. The van der Waals surface area contributed by atoms with Crippen LogP contribution in [0, 0.1) is 0 Å². The molecule has 0 bridgehead atoms. The van der Waals surface area contributed by atoms with Crippen LogP contribution in [-0.2, 0) is 0 Å². The Morgan fingerprint density at radius 3 is 2.00 bits per heavy atom. The van der Waals surface area contributed by atoms with Crippen LogP contribution in [0.2, 0.25) is 0 Å². The van der Waals surface area contributed by atoms with Crippen LogP contribution in [0.15, 0.2) is 0 Å². The van der Waals surface area contributed by atoms with Gasteiger partial charge in [0.25, 0.3) is 0 Å². The van der Waals surface area contributed by atoms with Crippen LogP contribution in [-0.4, -0.2) is 12.0 Å². The molecule has 0 rings (SSSR count). The molecular weight excluding hydrogens is 160 g/mol. The first-order valence-electron chi connectivity index (χ1n) is 3.05. The molecule has 0 fully saturated rings. The highest BCUT2D eigenvalue weighted by molar-refractivity contribution is 5.85. The third-order valence-corrected chi connectivity index (χ3v) is 1.04. The Bertz CT molecular complexity index is 80.3. The maximum atomic E-state index is 12.0. The maximum Gasteiger partial charge on any atom is 0.245 e. The lowest BCUT2D eigenvalue weighted by atomic mass is 10.1. The van der Waals surface area contributed by atoms with Crippen LogP contribution in [0.25, 0.3) is 0 Å². The van der Waals surface area contributed by atoms with Gasteiger partial charge in [-0.2, -0.15) is 0 Å². The number of hydrogen-bond acceptors (Lipinski definition) is 1. The molecule has 0 saturated carbocycles. The van der Waals surface area contributed by atoms with Gasteiger partial charge < -0.3 is 5.73 Å². The Kier molecular flexibility index (Phi) is 6.19. The standard InChI is InChI=1S/C6H13F2N.ClH/c1-5(9)3-4-6(2,7)8;/h5H,3-4,9H2,1-2H3;1H. The molecule has 0 aromatic carbocycles. The van der Waals surface area contributed by atoms with Gasteiger partial charge in [0, 0.05) is 12.5 Å². The molecule has 10 heavy (non-hydrogen) atoms. The smallest absolute Gasteiger partial charge is 0.245 e. The van der Waals surface area contributed by atoms with Crippen molar-refractivity contribution in [3.05, 3.63) is 0 Å². The summed E-state index contributed by atoms with van der Waals surface area (Å²) in [4.78, 5) is 0. The third-order valence-electron chi connectivity index (χ3n) is 1.04. The Hall–Kier alpha value is 0.110. The molecule has 1 unspecified atom stereocenters. The molecule has 1 atom stereocenters. The van der Waals surface area contributed by atoms with Crippen molar-refractivity contribution in [3.63, 3.8) is 0 Å². The molecule has 0 aliphatic rings. The van der Waals surface area contributed by atoms with E-state index in [1.165, 1.54) is 0 Å². The summed E-state index contributed by atoms with van der Waals surface area (Å²) in [5, 5.41) is 0. The van der Waals surface area contributed by atoms with Crippen molar-refractivity contribution >= 4 is 12.4 Å². The summed E-state index contributed by atoms with van der Waals surface area (Å²) in [6.07, 6.45) is 0.286. The summed E-state index contributed by atoms with van der Waals surface area (Å²) >= 11 is 0. The zero-order valence-electron chi connectivity index (χ0n) is 6.23. The molecule has 0 radical (unpaired) electrons. The van der Waals surface area contributed by atoms with Gasteiger partial charge in [-0.1, -0.05) is 0 Å². The van der Waals surface area contributed by atoms with Crippen molar-refractivity contribution in [2.24, 2.45) is 5.73 Å².